The van der Waals surface area contributed by atoms with E-state index in [4.69, 9.17) is 21.1 Å². The summed E-state index contributed by atoms with van der Waals surface area (Å²) in [6, 6.07) is 12.7. The van der Waals surface area contributed by atoms with Crippen molar-refractivity contribution in [1.29, 1.82) is 0 Å². The molecule has 1 aliphatic carbocycles. The van der Waals surface area contributed by atoms with Crippen molar-refractivity contribution in [2.45, 2.75) is 44.2 Å². The highest BCUT2D eigenvalue weighted by molar-refractivity contribution is 6.30. The molecule has 1 saturated carbocycles. The molecule has 0 aliphatic heterocycles. The van der Waals surface area contributed by atoms with E-state index in [1.54, 1.807) is 43.5 Å². The van der Waals surface area contributed by atoms with Crippen LogP contribution in [-0.2, 0) is 16.2 Å². The number of halogens is 1. The summed E-state index contributed by atoms with van der Waals surface area (Å²) in [5, 5.41) is 13.0. The summed E-state index contributed by atoms with van der Waals surface area (Å²) in [5.41, 5.74) is 0.539. The van der Waals surface area contributed by atoms with Crippen LogP contribution >= 0.6 is 11.6 Å². The lowest BCUT2D eigenvalue weighted by atomic mass is 9.81. The molecule has 0 aromatic heterocycles. The number of carboxylic acids is 1. The topological polar surface area (TPSA) is 84.9 Å². The lowest BCUT2D eigenvalue weighted by molar-refractivity contribution is -0.148. The average molecular weight is 444 g/mol. The minimum Gasteiger partial charge on any atom is -0.493 e. The Bertz CT molecular complexity index is 949. The Morgan fingerprint density at radius 3 is 2.45 bits per heavy atom. The van der Waals surface area contributed by atoms with Gasteiger partial charge in [0.05, 0.1) is 7.11 Å². The molecule has 2 N–H and O–H groups in total. The molecule has 2 aromatic rings. The Labute approximate surface area is 186 Å². The van der Waals surface area contributed by atoms with Gasteiger partial charge in [-0.1, -0.05) is 49.1 Å². The number of amides is 1. The number of nitrogens with one attached hydrogen (secondary N) is 1. The second-order valence-corrected chi connectivity index (χ2v) is 8.03. The summed E-state index contributed by atoms with van der Waals surface area (Å²) in [6.07, 6.45) is 6.47. The smallest absolute Gasteiger partial charge is 0.329 e. The van der Waals surface area contributed by atoms with Crippen molar-refractivity contribution in [2.24, 2.45) is 0 Å². The molecule has 1 amide bonds. The quantitative estimate of drug-likeness (QED) is 0.570. The maximum atomic E-state index is 12.4. The Morgan fingerprint density at radius 2 is 1.81 bits per heavy atom. The van der Waals surface area contributed by atoms with E-state index in [1.807, 2.05) is 12.1 Å². The Kier molecular flexibility index (Phi) is 7.58. The molecule has 6 nitrogen and oxygen atoms in total. The van der Waals surface area contributed by atoms with Crippen LogP contribution in [0.15, 0.2) is 48.5 Å². The van der Waals surface area contributed by atoms with Crippen molar-refractivity contribution < 1.29 is 24.2 Å². The van der Waals surface area contributed by atoms with Crippen LogP contribution in [0.4, 0.5) is 0 Å². The molecule has 0 spiro atoms. The standard InChI is InChI=1S/C24H26ClNO5/c1-30-21-15-17(7-11-20(21)31-16-18-5-9-19(25)10-6-18)8-12-22(27)26-24(23(28)29)13-3-2-4-14-24/h5-12,15H,2-4,13-14,16H2,1H3,(H,26,27)(H,28,29). The molecule has 1 fully saturated rings. The molecule has 0 heterocycles. The van der Waals surface area contributed by atoms with Crippen molar-refractivity contribution in [3.63, 3.8) is 0 Å². The first-order valence-corrected chi connectivity index (χ1v) is 10.6. The number of ether oxygens (including phenoxy) is 2. The molecule has 0 saturated heterocycles. The highest BCUT2D eigenvalue weighted by atomic mass is 35.5. The lowest BCUT2D eigenvalue weighted by Gasteiger charge is -2.33. The van der Waals surface area contributed by atoms with Crippen LogP contribution < -0.4 is 14.8 Å². The van der Waals surface area contributed by atoms with Crippen LogP contribution in [0, 0.1) is 0 Å². The largest absolute Gasteiger partial charge is 0.493 e. The van der Waals surface area contributed by atoms with Crippen molar-refractivity contribution >= 4 is 29.6 Å². The van der Waals surface area contributed by atoms with Crippen molar-refractivity contribution in [2.75, 3.05) is 7.11 Å². The van der Waals surface area contributed by atoms with Crippen LogP contribution in [-0.4, -0.2) is 29.6 Å². The van der Waals surface area contributed by atoms with Gasteiger partial charge in [0.25, 0.3) is 0 Å². The predicted octanol–water partition coefficient (Wildman–Crippen LogP) is 4.84. The lowest BCUT2D eigenvalue weighted by Crippen LogP contribution is -2.55. The fourth-order valence-corrected chi connectivity index (χ4v) is 3.77. The first-order chi connectivity index (χ1) is 14.9. The Morgan fingerprint density at radius 1 is 1.10 bits per heavy atom. The number of benzene rings is 2. The highest BCUT2D eigenvalue weighted by Crippen LogP contribution is 2.30. The van der Waals surface area contributed by atoms with E-state index in [0.717, 1.165) is 30.4 Å². The van der Waals surface area contributed by atoms with Gasteiger partial charge in [0.15, 0.2) is 11.5 Å². The van der Waals surface area contributed by atoms with Gasteiger partial charge in [-0.15, -0.1) is 0 Å². The molecular weight excluding hydrogens is 418 g/mol. The number of carboxylic acid groups (broad SMARTS) is 1. The van der Waals surface area contributed by atoms with Gasteiger partial charge < -0.3 is 19.9 Å². The van der Waals surface area contributed by atoms with E-state index < -0.39 is 17.4 Å². The normalized spacial score (nSPS) is 15.4. The molecule has 0 radical (unpaired) electrons. The van der Waals surface area contributed by atoms with E-state index >= 15 is 0 Å². The monoisotopic (exact) mass is 443 g/mol. The molecule has 164 valence electrons. The average Bonchev–Trinajstić information content (AvgIpc) is 2.78. The number of aliphatic carboxylic acids is 1. The third-order valence-electron chi connectivity index (χ3n) is 5.40. The Balaban J connectivity index is 1.64. The minimum atomic E-state index is -1.17. The number of hydrogen-bond donors (Lipinski definition) is 2. The maximum Gasteiger partial charge on any atom is 0.329 e. The zero-order valence-electron chi connectivity index (χ0n) is 17.4. The predicted molar refractivity (Wildman–Crippen MR) is 119 cm³/mol. The molecule has 0 atom stereocenters. The highest BCUT2D eigenvalue weighted by Gasteiger charge is 2.40. The van der Waals surface area contributed by atoms with Gasteiger partial charge >= 0.3 is 5.97 Å². The summed E-state index contributed by atoms with van der Waals surface area (Å²) in [6.45, 7) is 0.363. The number of hydrogen-bond acceptors (Lipinski definition) is 4. The van der Waals surface area contributed by atoms with Crippen LogP contribution in [0.25, 0.3) is 6.08 Å². The number of rotatable bonds is 8. The number of carbonyl (C=O) groups excluding carboxylic acids is 1. The second kappa shape index (κ2) is 10.4. The summed E-state index contributed by atoms with van der Waals surface area (Å²) in [4.78, 5) is 24.1. The molecule has 1 aliphatic rings. The minimum absolute atomic E-state index is 0.363. The van der Waals surface area contributed by atoms with E-state index in [-0.39, 0.29) is 0 Å². The first kappa shape index (κ1) is 22.7. The van der Waals surface area contributed by atoms with E-state index in [9.17, 15) is 14.7 Å². The summed E-state index contributed by atoms with van der Waals surface area (Å²) < 4.78 is 11.2. The van der Waals surface area contributed by atoms with Gasteiger partial charge in [-0.3, -0.25) is 4.79 Å². The van der Waals surface area contributed by atoms with E-state index in [2.05, 4.69) is 5.32 Å². The summed E-state index contributed by atoms with van der Waals surface area (Å²) >= 11 is 5.90. The zero-order chi connectivity index (χ0) is 22.3. The summed E-state index contributed by atoms with van der Waals surface area (Å²) in [7, 11) is 1.55. The summed E-state index contributed by atoms with van der Waals surface area (Å²) in [5.74, 6) is -0.291. The fraction of sp³-hybridized carbons (Fsp3) is 0.333. The van der Waals surface area contributed by atoms with Gasteiger partial charge in [0.1, 0.15) is 12.1 Å². The maximum absolute atomic E-state index is 12.4. The molecule has 3 rings (SSSR count). The van der Waals surface area contributed by atoms with Crippen molar-refractivity contribution in [1.82, 2.24) is 5.32 Å². The molecule has 0 bridgehead atoms. The van der Waals surface area contributed by atoms with Crippen molar-refractivity contribution in [3.8, 4) is 11.5 Å². The van der Waals surface area contributed by atoms with Crippen LogP contribution in [0.1, 0.15) is 43.2 Å². The molecule has 2 aromatic carbocycles. The van der Waals surface area contributed by atoms with Crippen LogP contribution in [0.5, 0.6) is 11.5 Å². The van der Waals surface area contributed by atoms with Gasteiger partial charge in [-0.25, -0.2) is 4.79 Å². The van der Waals surface area contributed by atoms with E-state index in [0.29, 0.717) is 36.0 Å². The van der Waals surface area contributed by atoms with Crippen LogP contribution in [0.3, 0.4) is 0 Å². The van der Waals surface area contributed by atoms with Crippen LogP contribution in [0.2, 0.25) is 5.02 Å². The Hall–Kier alpha value is -2.99. The van der Waals surface area contributed by atoms with E-state index in [1.165, 1.54) is 6.08 Å². The molecule has 7 heteroatoms. The zero-order valence-corrected chi connectivity index (χ0v) is 18.2. The third kappa shape index (κ3) is 6.01. The van der Waals surface area contributed by atoms with Gasteiger partial charge in [0.2, 0.25) is 5.91 Å². The number of carbonyl (C=O) groups is 2. The van der Waals surface area contributed by atoms with Gasteiger partial charge in [-0.2, -0.15) is 0 Å². The third-order valence-corrected chi connectivity index (χ3v) is 5.65. The van der Waals surface area contributed by atoms with Gasteiger partial charge in [0, 0.05) is 11.1 Å². The fourth-order valence-electron chi connectivity index (χ4n) is 3.65. The molecule has 0 unspecified atom stereocenters. The second-order valence-electron chi connectivity index (χ2n) is 7.60. The SMILES string of the molecule is COc1cc(C=CC(=O)NC2(C(=O)O)CCCCC2)ccc1OCc1ccc(Cl)cc1. The first-order valence-electron chi connectivity index (χ1n) is 10.2. The molecular formula is C24H26ClNO5. The van der Waals surface area contributed by atoms with Crippen molar-refractivity contribution in [3.05, 3.63) is 64.7 Å². The number of methoxy groups -OCH3 is 1. The molecule has 31 heavy (non-hydrogen) atoms. The van der Waals surface area contributed by atoms with Gasteiger partial charge in [-0.05, 0) is 54.3 Å².